The van der Waals surface area contributed by atoms with Crippen molar-refractivity contribution in [2.24, 2.45) is 0 Å². The van der Waals surface area contributed by atoms with Gasteiger partial charge >= 0.3 is 47.8 Å². The smallest absolute Gasteiger partial charge is 2.00 e. The molecule has 0 bridgehead atoms. The van der Waals surface area contributed by atoms with Crippen molar-refractivity contribution in [2.45, 2.75) is 0 Å². The molecule has 6 heteroatoms. The minimum Gasteiger partial charge on any atom is 2.00 e. The first kappa shape index (κ1) is 15.8. The van der Waals surface area contributed by atoms with E-state index in [1.165, 1.54) is 0 Å². The Kier molecular flexibility index (Phi) is 24.5. The van der Waals surface area contributed by atoms with Crippen LogP contribution in [-0.4, -0.2) is 14.5 Å². The fraction of sp³-hybridized carbons (Fsp3) is 0. The molecule has 0 spiro atoms. The van der Waals surface area contributed by atoms with Crippen molar-refractivity contribution in [1.82, 2.24) is 6.15 Å². The summed E-state index contributed by atoms with van der Waals surface area (Å²) in [5, 5.41) is 0. The molecule has 0 saturated heterocycles. The maximum absolute atomic E-state index is 8.54. The summed E-state index contributed by atoms with van der Waals surface area (Å²) in [6, 6.07) is 0. The minimum absolute atomic E-state index is 0. The van der Waals surface area contributed by atoms with Crippen LogP contribution in [0.15, 0.2) is 0 Å². The average molecular weight is 339 g/mol. The number of hydrogen-bond donors (Lipinski definition) is 1. The zero-order valence-corrected chi connectivity index (χ0v) is 6.64. The van der Waals surface area contributed by atoms with Crippen LogP contribution in [0.25, 0.3) is 0 Å². The van der Waals surface area contributed by atoms with Gasteiger partial charge in [0.05, 0.1) is 0 Å². The molecule has 0 aliphatic heterocycles. The molecule has 0 aliphatic carbocycles. The van der Waals surface area contributed by atoms with Crippen LogP contribution in [0.4, 0.5) is 0 Å². The molecule has 6 heavy (non-hydrogen) atoms. The third kappa shape index (κ3) is 93.7. The van der Waals surface area contributed by atoms with Crippen molar-refractivity contribution in [1.29, 1.82) is 0 Å². The SMILES string of the molecule is N.O=[Se]([O-])[O-].[Pt+2]. The zero-order valence-electron chi connectivity index (χ0n) is 2.66. The van der Waals surface area contributed by atoms with Gasteiger partial charge in [0.2, 0.25) is 0 Å². The van der Waals surface area contributed by atoms with Gasteiger partial charge < -0.3 is 6.15 Å². The van der Waals surface area contributed by atoms with Gasteiger partial charge in [-0.25, -0.2) is 0 Å². The normalized spacial score (nSPS) is 5.83. The molecule has 0 aliphatic rings. The predicted molar refractivity (Wildman–Crippen MR) is 11.5 cm³/mol. The van der Waals surface area contributed by atoms with Crippen molar-refractivity contribution >= 4 is 14.5 Å². The van der Waals surface area contributed by atoms with E-state index in [2.05, 4.69) is 0 Å². The molecular formula is H3NO3PtSe. The van der Waals surface area contributed by atoms with E-state index in [0.717, 1.165) is 0 Å². The second kappa shape index (κ2) is 9.31. The summed E-state index contributed by atoms with van der Waals surface area (Å²) in [5.74, 6) is 0. The summed E-state index contributed by atoms with van der Waals surface area (Å²) < 4.78 is 25.6. The van der Waals surface area contributed by atoms with E-state index in [4.69, 9.17) is 12.2 Å². The topological polar surface area (TPSA) is 98.2 Å². The first-order valence-corrected chi connectivity index (χ1v) is 2.60. The fourth-order valence-corrected chi connectivity index (χ4v) is 0. The second-order valence-corrected chi connectivity index (χ2v) is 1.06. The first-order valence-electron chi connectivity index (χ1n) is 0.500. The van der Waals surface area contributed by atoms with Crippen LogP contribution < -0.4 is 14.5 Å². The maximum atomic E-state index is 8.54. The first-order chi connectivity index (χ1) is 1.73. The predicted octanol–water partition coefficient (Wildman–Crippen LogP) is -2.72. The van der Waals surface area contributed by atoms with E-state index in [9.17, 15) is 0 Å². The van der Waals surface area contributed by atoms with Gasteiger partial charge in [-0.1, -0.05) is 0 Å². The second-order valence-electron chi connectivity index (χ2n) is 0.204. The zero-order chi connectivity index (χ0) is 3.58. The van der Waals surface area contributed by atoms with E-state index in [0.29, 0.717) is 0 Å². The average Bonchev–Trinajstić information content (AvgIpc) is 0.811. The van der Waals surface area contributed by atoms with Crippen LogP contribution in [0.1, 0.15) is 0 Å². The summed E-state index contributed by atoms with van der Waals surface area (Å²) in [4.78, 5) is 0. The molecule has 0 heterocycles. The molecule has 0 aromatic heterocycles. The van der Waals surface area contributed by atoms with Gasteiger partial charge in [0.1, 0.15) is 0 Å². The van der Waals surface area contributed by atoms with Gasteiger partial charge in [-0.2, -0.15) is 0 Å². The molecule has 0 amide bonds. The van der Waals surface area contributed by atoms with Crippen molar-refractivity contribution < 1.29 is 33.3 Å². The molecule has 0 saturated carbocycles. The van der Waals surface area contributed by atoms with Crippen LogP contribution in [-0.2, 0) is 24.9 Å². The van der Waals surface area contributed by atoms with Gasteiger partial charge in [-0.15, -0.1) is 0 Å². The summed E-state index contributed by atoms with van der Waals surface area (Å²) in [6.07, 6.45) is 0. The van der Waals surface area contributed by atoms with Crippen LogP contribution in [0.2, 0.25) is 0 Å². The monoisotopic (exact) mass is 340 g/mol. The maximum Gasteiger partial charge on any atom is 2.00 e. The third-order valence-electron chi connectivity index (χ3n) is 0. The summed E-state index contributed by atoms with van der Waals surface area (Å²) in [5.41, 5.74) is 0. The van der Waals surface area contributed by atoms with Crippen molar-refractivity contribution in [3.8, 4) is 0 Å². The number of hydrogen-bond acceptors (Lipinski definition) is 4. The summed E-state index contributed by atoms with van der Waals surface area (Å²) >= 11 is -3.79. The van der Waals surface area contributed by atoms with Crippen LogP contribution >= 0.6 is 0 Å². The molecular weight excluding hydrogens is 336 g/mol. The van der Waals surface area contributed by atoms with Crippen LogP contribution in [0.5, 0.6) is 0 Å². The fourth-order valence-electron chi connectivity index (χ4n) is 0. The minimum atomic E-state index is -3.79. The Labute approximate surface area is 54.1 Å². The quantitative estimate of drug-likeness (QED) is 0.485. The molecule has 0 aromatic carbocycles. The van der Waals surface area contributed by atoms with Gasteiger partial charge in [0.15, 0.2) is 0 Å². The molecule has 4 nitrogen and oxygen atoms in total. The molecule has 0 aromatic rings. The van der Waals surface area contributed by atoms with E-state index >= 15 is 0 Å². The van der Waals surface area contributed by atoms with E-state index < -0.39 is 14.5 Å². The van der Waals surface area contributed by atoms with Crippen molar-refractivity contribution in [3.63, 3.8) is 0 Å². The Morgan fingerprint density at radius 3 is 1.33 bits per heavy atom. The summed E-state index contributed by atoms with van der Waals surface area (Å²) in [6.45, 7) is 0. The van der Waals surface area contributed by atoms with Crippen LogP contribution in [0.3, 0.4) is 0 Å². The van der Waals surface area contributed by atoms with Crippen molar-refractivity contribution in [2.75, 3.05) is 0 Å². The Balaban J connectivity index is -0.0000000450. The van der Waals surface area contributed by atoms with Crippen molar-refractivity contribution in [3.05, 3.63) is 0 Å². The Morgan fingerprint density at radius 1 is 1.33 bits per heavy atom. The Morgan fingerprint density at radius 2 is 1.33 bits per heavy atom. The standard InChI is InChI=1S/H3N.H2O3Se.Pt/c;1-4(2)3;/h1H3;(H2,1,2,3);/q;;+2/p-2. The molecule has 0 fully saturated rings. The van der Waals surface area contributed by atoms with E-state index in [1.54, 1.807) is 0 Å². The molecule has 0 unspecified atom stereocenters. The molecule has 42 valence electrons. The van der Waals surface area contributed by atoms with Gasteiger partial charge in [0.25, 0.3) is 0 Å². The Hall–Kier alpha value is 0.888. The van der Waals surface area contributed by atoms with Gasteiger partial charge in [-0.3, -0.25) is 0 Å². The largest absolute Gasteiger partial charge is 2.00 e. The Bertz CT molecular complexity index is 33.8. The third-order valence-corrected chi connectivity index (χ3v) is 0. The molecule has 0 atom stereocenters. The van der Waals surface area contributed by atoms with E-state index in [-0.39, 0.29) is 27.2 Å². The summed E-state index contributed by atoms with van der Waals surface area (Å²) in [7, 11) is 0. The van der Waals surface area contributed by atoms with Crippen LogP contribution in [0, 0.1) is 0 Å². The van der Waals surface area contributed by atoms with Gasteiger partial charge in [0, 0.05) is 0 Å². The molecule has 0 radical (unpaired) electrons. The number of rotatable bonds is 0. The van der Waals surface area contributed by atoms with E-state index in [1.807, 2.05) is 0 Å². The molecule has 3 N–H and O–H groups in total. The van der Waals surface area contributed by atoms with Gasteiger partial charge in [-0.05, 0) is 0 Å². The molecule has 0 rings (SSSR count).